The fraction of sp³-hybridized carbons (Fsp3) is 0.257. The molecule has 2 heterocycles. The Balaban J connectivity index is 1.34. The number of ether oxygens (including phenoxy) is 1. The van der Waals surface area contributed by atoms with Crippen molar-refractivity contribution in [1.29, 1.82) is 0 Å². The van der Waals surface area contributed by atoms with Crippen molar-refractivity contribution in [3.63, 3.8) is 0 Å². The highest BCUT2D eigenvalue weighted by molar-refractivity contribution is 5.84. The minimum atomic E-state index is -1.36. The number of halogens is 1. The van der Waals surface area contributed by atoms with Crippen molar-refractivity contribution in [2.75, 3.05) is 5.32 Å². The Labute approximate surface area is 275 Å². The first-order chi connectivity index (χ1) is 23.1. The maximum absolute atomic E-state index is 13.7. The predicted molar refractivity (Wildman–Crippen MR) is 174 cm³/mol. The van der Waals surface area contributed by atoms with Gasteiger partial charge in [-0.1, -0.05) is 74.0 Å². The van der Waals surface area contributed by atoms with Gasteiger partial charge in [0.25, 0.3) is 5.56 Å². The highest BCUT2D eigenvalue weighted by Gasteiger charge is 2.31. The van der Waals surface area contributed by atoms with E-state index in [-0.39, 0.29) is 29.9 Å². The van der Waals surface area contributed by atoms with Gasteiger partial charge in [-0.15, -0.1) is 10.2 Å². The summed E-state index contributed by atoms with van der Waals surface area (Å²) in [5.74, 6) is -1.16. The maximum atomic E-state index is 13.7. The summed E-state index contributed by atoms with van der Waals surface area (Å²) in [5, 5.41) is 24.4. The number of aliphatic hydroxyl groups excluding tert-OH is 1. The van der Waals surface area contributed by atoms with Crippen LogP contribution in [0.1, 0.15) is 48.4 Å². The van der Waals surface area contributed by atoms with E-state index >= 15 is 0 Å². The smallest absolute Gasteiger partial charge is 0.412 e. The van der Waals surface area contributed by atoms with Crippen LogP contribution in [0.3, 0.4) is 0 Å². The standard InChI is InChI=1S/C35H35FN6O6/c1-21(2)30(31(44)33-41-40-29(48-33)17-24-11-7-8-22(3)16-24)39-28(43)19-42-32(25-12-14-26(36)15-13-25)37-18-27(34(42)45)38-35(46)47-20-23-9-5-4-6-10-23/h4-16,18,21,30-31,44H,17,19-20H2,1-3H3,(H,38,46)(H,39,43)/t30-,31?/m0/s1. The van der Waals surface area contributed by atoms with Crippen LogP contribution in [0.25, 0.3) is 11.4 Å². The number of rotatable bonds is 12. The molecule has 0 aliphatic carbocycles. The van der Waals surface area contributed by atoms with Gasteiger partial charge in [0.05, 0.1) is 18.7 Å². The van der Waals surface area contributed by atoms with Crippen LogP contribution in [0.2, 0.25) is 0 Å². The van der Waals surface area contributed by atoms with Crippen LogP contribution in [0, 0.1) is 18.7 Å². The van der Waals surface area contributed by atoms with Gasteiger partial charge in [-0.2, -0.15) is 0 Å². The molecule has 3 aromatic carbocycles. The second kappa shape index (κ2) is 15.3. The second-order valence-corrected chi connectivity index (χ2v) is 11.6. The molecule has 0 aliphatic rings. The third kappa shape index (κ3) is 8.56. The monoisotopic (exact) mass is 654 g/mol. The largest absolute Gasteiger partial charge is 0.444 e. The molecule has 5 rings (SSSR count). The molecule has 13 heteroatoms. The predicted octanol–water partition coefficient (Wildman–Crippen LogP) is 4.95. The lowest BCUT2D eigenvalue weighted by molar-refractivity contribution is -0.124. The van der Waals surface area contributed by atoms with Gasteiger partial charge in [0, 0.05) is 5.56 Å². The van der Waals surface area contributed by atoms with Gasteiger partial charge < -0.3 is 19.6 Å². The van der Waals surface area contributed by atoms with Crippen molar-refractivity contribution >= 4 is 17.7 Å². The summed E-state index contributed by atoms with van der Waals surface area (Å²) in [6.07, 6.45) is -0.741. The third-order valence-corrected chi connectivity index (χ3v) is 7.46. The lowest BCUT2D eigenvalue weighted by Crippen LogP contribution is -2.45. The van der Waals surface area contributed by atoms with E-state index in [0.717, 1.165) is 27.5 Å². The molecular formula is C35H35FN6O6. The summed E-state index contributed by atoms with van der Waals surface area (Å²) < 4.78 is 25.7. The first-order valence-corrected chi connectivity index (χ1v) is 15.3. The Kier molecular flexibility index (Phi) is 10.7. The number of anilines is 1. The molecule has 0 saturated carbocycles. The van der Waals surface area contributed by atoms with E-state index in [2.05, 4.69) is 25.8 Å². The van der Waals surface area contributed by atoms with Crippen molar-refractivity contribution < 1.29 is 28.2 Å². The minimum Gasteiger partial charge on any atom is -0.444 e. The molecule has 3 N–H and O–H groups in total. The second-order valence-electron chi connectivity index (χ2n) is 11.6. The zero-order valence-corrected chi connectivity index (χ0v) is 26.6. The summed E-state index contributed by atoms with van der Waals surface area (Å²) in [4.78, 5) is 44.0. The molecule has 0 aliphatic heterocycles. The Morgan fingerprint density at radius 3 is 2.44 bits per heavy atom. The van der Waals surface area contributed by atoms with Crippen molar-refractivity contribution in [2.45, 2.75) is 52.5 Å². The van der Waals surface area contributed by atoms with Gasteiger partial charge >= 0.3 is 6.09 Å². The average molecular weight is 655 g/mol. The van der Waals surface area contributed by atoms with Crippen LogP contribution in [0.15, 0.2) is 94.3 Å². The van der Waals surface area contributed by atoms with Crippen molar-refractivity contribution in [3.8, 4) is 11.4 Å². The fourth-order valence-electron chi connectivity index (χ4n) is 5.02. The van der Waals surface area contributed by atoms with E-state index in [1.165, 1.54) is 24.3 Å². The van der Waals surface area contributed by atoms with Crippen molar-refractivity contribution in [3.05, 3.63) is 130 Å². The van der Waals surface area contributed by atoms with E-state index < -0.39 is 42.1 Å². The lowest BCUT2D eigenvalue weighted by Gasteiger charge is -2.26. The minimum absolute atomic E-state index is 0.0310. The van der Waals surface area contributed by atoms with E-state index in [1.54, 1.807) is 38.1 Å². The lowest BCUT2D eigenvalue weighted by atomic mass is 9.98. The topological polar surface area (TPSA) is 161 Å². The molecule has 0 spiro atoms. The van der Waals surface area contributed by atoms with Crippen LogP contribution >= 0.6 is 0 Å². The molecule has 2 amide bonds. The van der Waals surface area contributed by atoms with Crippen LogP contribution in [-0.4, -0.2) is 42.9 Å². The number of carbonyl (C=O) groups excluding carboxylic acids is 2. The molecule has 248 valence electrons. The van der Waals surface area contributed by atoms with Gasteiger partial charge in [0.1, 0.15) is 30.5 Å². The first kappa shape index (κ1) is 33.7. The Bertz CT molecular complexity index is 1930. The number of amides is 2. The zero-order chi connectivity index (χ0) is 34.2. The average Bonchev–Trinajstić information content (AvgIpc) is 3.53. The Morgan fingerprint density at radius 1 is 1.00 bits per heavy atom. The summed E-state index contributed by atoms with van der Waals surface area (Å²) in [6, 6.07) is 21.2. The fourth-order valence-corrected chi connectivity index (χ4v) is 5.02. The quantitative estimate of drug-likeness (QED) is 0.169. The SMILES string of the molecule is Cc1cccc(Cc2nnc(C(O)[C@@H](NC(=O)Cn3c(-c4ccc(F)cc4)ncc(NC(=O)OCc4ccccc4)c3=O)C(C)C)o2)c1. The molecule has 12 nitrogen and oxygen atoms in total. The first-order valence-electron chi connectivity index (χ1n) is 15.3. The molecule has 2 atom stereocenters. The molecule has 0 radical (unpaired) electrons. The number of benzene rings is 3. The van der Waals surface area contributed by atoms with Gasteiger partial charge in [0.15, 0.2) is 6.10 Å². The number of aromatic nitrogens is 4. The number of hydrogen-bond donors (Lipinski definition) is 3. The van der Waals surface area contributed by atoms with Gasteiger partial charge in [-0.05, 0) is 48.2 Å². The van der Waals surface area contributed by atoms with Crippen molar-refractivity contribution in [1.82, 2.24) is 25.1 Å². The number of hydrogen-bond acceptors (Lipinski definition) is 9. The number of carbonyl (C=O) groups is 2. The van der Waals surface area contributed by atoms with Gasteiger partial charge in [-0.3, -0.25) is 19.5 Å². The molecule has 5 aromatic rings. The number of nitrogens with one attached hydrogen (secondary N) is 2. The highest BCUT2D eigenvalue weighted by Crippen LogP contribution is 2.23. The van der Waals surface area contributed by atoms with Gasteiger partial charge in [-0.25, -0.2) is 14.2 Å². The molecule has 0 fully saturated rings. The number of aliphatic hydroxyl groups is 1. The van der Waals surface area contributed by atoms with Crippen LogP contribution in [-0.2, 0) is 29.1 Å². The molecule has 0 bridgehead atoms. The van der Waals surface area contributed by atoms with E-state index in [9.17, 15) is 23.9 Å². The molecule has 48 heavy (non-hydrogen) atoms. The molecular weight excluding hydrogens is 619 g/mol. The van der Waals surface area contributed by atoms with Gasteiger partial charge in [0.2, 0.25) is 17.7 Å². The highest BCUT2D eigenvalue weighted by atomic mass is 19.1. The summed E-state index contributed by atoms with van der Waals surface area (Å²) in [5.41, 5.74) is 2.15. The molecule has 0 saturated heterocycles. The summed E-state index contributed by atoms with van der Waals surface area (Å²) >= 11 is 0. The van der Waals surface area contributed by atoms with E-state index in [1.807, 2.05) is 37.3 Å². The number of aryl methyl sites for hydroxylation is 1. The molecule has 1 unspecified atom stereocenters. The molecule has 2 aromatic heterocycles. The van der Waals surface area contributed by atoms with Crippen LogP contribution in [0.4, 0.5) is 14.9 Å². The Morgan fingerprint density at radius 2 is 1.73 bits per heavy atom. The van der Waals surface area contributed by atoms with Crippen LogP contribution < -0.4 is 16.2 Å². The summed E-state index contributed by atoms with van der Waals surface area (Å²) in [7, 11) is 0. The van der Waals surface area contributed by atoms with Crippen molar-refractivity contribution in [2.24, 2.45) is 5.92 Å². The number of nitrogens with zero attached hydrogens (tertiary/aromatic N) is 4. The van der Waals surface area contributed by atoms with E-state index in [4.69, 9.17) is 9.15 Å². The third-order valence-electron chi connectivity index (χ3n) is 7.46. The Hall–Kier alpha value is -5.69. The van der Waals surface area contributed by atoms with Crippen LogP contribution in [0.5, 0.6) is 0 Å². The maximum Gasteiger partial charge on any atom is 0.412 e. The summed E-state index contributed by atoms with van der Waals surface area (Å²) in [6.45, 7) is 4.98. The van der Waals surface area contributed by atoms with E-state index in [0.29, 0.717) is 17.9 Å². The zero-order valence-electron chi connectivity index (χ0n) is 26.6. The normalized spacial score (nSPS) is 12.4.